The van der Waals surface area contributed by atoms with E-state index in [1.54, 1.807) is 6.26 Å². The highest BCUT2D eigenvalue weighted by molar-refractivity contribution is 5.96. The third-order valence-electron chi connectivity index (χ3n) is 4.44. The standard InChI is InChI=1S/C20H21NO2/c1-12-8-9-17-16(11-23-20(17)15(12)4)10-18(22)21-19-13(2)6-5-7-14(19)3/h5-9,11H,10H2,1-4H3,(H,21,22). The number of amides is 1. The maximum absolute atomic E-state index is 12.4. The number of furan rings is 1. The van der Waals surface area contributed by atoms with Crippen LogP contribution in [0.5, 0.6) is 0 Å². The molecule has 0 saturated heterocycles. The summed E-state index contributed by atoms with van der Waals surface area (Å²) in [7, 11) is 0. The van der Waals surface area contributed by atoms with Gasteiger partial charge in [0, 0.05) is 16.6 Å². The van der Waals surface area contributed by atoms with Gasteiger partial charge in [0.2, 0.25) is 5.91 Å². The molecule has 0 saturated carbocycles. The van der Waals surface area contributed by atoms with Crippen LogP contribution in [0, 0.1) is 27.7 Å². The van der Waals surface area contributed by atoms with Gasteiger partial charge >= 0.3 is 0 Å². The fourth-order valence-corrected chi connectivity index (χ4v) is 2.89. The molecule has 3 aromatic rings. The molecule has 2 aromatic carbocycles. The predicted octanol–water partition coefficient (Wildman–Crippen LogP) is 4.85. The smallest absolute Gasteiger partial charge is 0.228 e. The number of carbonyl (C=O) groups is 1. The van der Waals surface area contributed by atoms with Gasteiger partial charge in [-0.25, -0.2) is 0 Å². The van der Waals surface area contributed by atoms with Crippen LogP contribution < -0.4 is 5.32 Å². The van der Waals surface area contributed by atoms with E-state index in [1.807, 2.05) is 45.0 Å². The van der Waals surface area contributed by atoms with Crippen LogP contribution in [-0.2, 0) is 11.2 Å². The molecule has 1 amide bonds. The Labute approximate surface area is 136 Å². The third-order valence-corrected chi connectivity index (χ3v) is 4.44. The van der Waals surface area contributed by atoms with Crippen molar-refractivity contribution in [3.05, 3.63) is 64.4 Å². The topological polar surface area (TPSA) is 42.2 Å². The highest BCUT2D eigenvalue weighted by Crippen LogP contribution is 2.27. The average Bonchev–Trinajstić information content (AvgIpc) is 2.90. The summed E-state index contributed by atoms with van der Waals surface area (Å²) in [4.78, 5) is 12.4. The number of anilines is 1. The van der Waals surface area contributed by atoms with Crippen LogP contribution in [0.1, 0.15) is 27.8 Å². The summed E-state index contributed by atoms with van der Waals surface area (Å²) in [6, 6.07) is 10.1. The van der Waals surface area contributed by atoms with E-state index in [0.717, 1.165) is 38.9 Å². The Balaban J connectivity index is 1.85. The second kappa shape index (κ2) is 5.92. The molecule has 0 aliphatic rings. The zero-order valence-corrected chi connectivity index (χ0v) is 14.0. The molecule has 3 nitrogen and oxygen atoms in total. The number of carbonyl (C=O) groups excluding carboxylic acids is 1. The molecule has 23 heavy (non-hydrogen) atoms. The Hall–Kier alpha value is -2.55. The van der Waals surface area contributed by atoms with Crippen molar-refractivity contribution < 1.29 is 9.21 Å². The monoisotopic (exact) mass is 307 g/mol. The van der Waals surface area contributed by atoms with E-state index in [1.165, 1.54) is 5.56 Å². The molecule has 0 aliphatic carbocycles. The number of fused-ring (bicyclic) bond motifs is 1. The van der Waals surface area contributed by atoms with Crippen molar-refractivity contribution in [1.29, 1.82) is 0 Å². The van der Waals surface area contributed by atoms with E-state index < -0.39 is 0 Å². The number of hydrogen-bond acceptors (Lipinski definition) is 2. The van der Waals surface area contributed by atoms with Crippen molar-refractivity contribution in [2.24, 2.45) is 0 Å². The first-order valence-corrected chi connectivity index (χ1v) is 7.79. The van der Waals surface area contributed by atoms with E-state index in [-0.39, 0.29) is 5.91 Å². The van der Waals surface area contributed by atoms with Crippen molar-refractivity contribution >= 4 is 22.6 Å². The zero-order chi connectivity index (χ0) is 16.6. The lowest BCUT2D eigenvalue weighted by Gasteiger charge is -2.11. The largest absolute Gasteiger partial charge is 0.464 e. The van der Waals surface area contributed by atoms with Gasteiger partial charge in [-0.2, -0.15) is 0 Å². The molecular formula is C20H21NO2. The molecule has 0 bridgehead atoms. The SMILES string of the molecule is Cc1cccc(C)c1NC(=O)Cc1coc2c(C)c(C)ccc12. The van der Waals surface area contributed by atoms with E-state index in [2.05, 4.69) is 18.3 Å². The molecule has 1 heterocycles. The second-order valence-corrected chi connectivity index (χ2v) is 6.14. The molecular weight excluding hydrogens is 286 g/mol. The van der Waals surface area contributed by atoms with Crippen LogP contribution in [-0.4, -0.2) is 5.91 Å². The molecule has 1 aromatic heterocycles. The summed E-state index contributed by atoms with van der Waals surface area (Å²) in [6.07, 6.45) is 2.00. The lowest BCUT2D eigenvalue weighted by molar-refractivity contribution is -0.115. The van der Waals surface area contributed by atoms with E-state index in [9.17, 15) is 4.79 Å². The zero-order valence-electron chi connectivity index (χ0n) is 14.0. The van der Waals surface area contributed by atoms with Gasteiger partial charge in [-0.3, -0.25) is 4.79 Å². The highest BCUT2D eigenvalue weighted by atomic mass is 16.3. The lowest BCUT2D eigenvalue weighted by atomic mass is 10.0. The van der Waals surface area contributed by atoms with Crippen LogP contribution in [0.25, 0.3) is 11.0 Å². The normalized spacial score (nSPS) is 11.0. The average molecular weight is 307 g/mol. The Morgan fingerprint density at radius 3 is 2.39 bits per heavy atom. The van der Waals surface area contributed by atoms with E-state index >= 15 is 0 Å². The fourth-order valence-electron chi connectivity index (χ4n) is 2.89. The second-order valence-electron chi connectivity index (χ2n) is 6.14. The van der Waals surface area contributed by atoms with Gasteiger partial charge < -0.3 is 9.73 Å². The van der Waals surface area contributed by atoms with Crippen molar-refractivity contribution in [2.45, 2.75) is 34.1 Å². The van der Waals surface area contributed by atoms with Crippen LogP contribution in [0.15, 0.2) is 41.0 Å². The summed E-state index contributed by atoms with van der Waals surface area (Å²) in [6.45, 7) is 8.11. The molecule has 3 heteroatoms. The maximum atomic E-state index is 12.4. The minimum Gasteiger partial charge on any atom is -0.464 e. The predicted molar refractivity (Wildman–Crippen MR) is 93.9 cm³/mol. The summed E-state index contributed by atoms with van der Waals surface area (Å²) in [5.41, 5.74) is 7.16. The minimum atomic E-state index is -0.0247. The van der Waals surface area contributed by atoms with Gasteiger partial charge in [0.25, 0.3) is 0 Å². The summed E-state index contributed by atoms with van der Waals surface area (Å²) in [5, 5.41) is 4.05. The van der Waals surface area contributed by atoms with Gasteiger partial charge in [-0.05, 0) is 49.9 Å². The van der Waals surface area contributed by atoms with Gasteiger partial charge in [0.05, 0.1) is 12.7 Å². The van der Waals surface area contributed by atoms with Crippen molar-refractivity contribution in [3.63, 3.8) is 0 Å². The first-order valence-electron chi connectivity index (χ1n) is 7.79. The number of para-hydroxylation sites is 1. The number of hydrogen-bond donors (Lipinski definition) is 1. The van der Waals surface area contributed by atoms with Crippen LogP contribution in [0.4, 0.5) is 5.69 Å². The Morgan fingerprint density at radius 2 is 1.70 bits per heavy atom. The molecule has 1 N–H and O–H groups in total. The molecule has 0 fully saturated rings. The van der Waals surface area contributed by atoms with Crippen LogP contribution in [0.3, 0.4) is 0 Å². The highest BCUT2D eigenvalue weighted by Gasteiger charge is 2.14. The molecule has 0 radical (unpaired) electrons. The van der Waals surface area contributed by atoms with E-state index in [0.29, 0.717) is 6.42 Å². The summed E-state index contributed by atoms with van der Waals surface area (Å²) < 4.78 is 5.68. The van der Waals surface area contributed by atoms with Crippen LogP contribution in [0.2, 0.25) is 0 Å². The minimum absolute atomic E-state index is 0.0247. The Bertz CT molecular complexity index is 870. The first-order chi connectivity index (χ1) is 11.0. The van der Waals surface area contributed by atoms with Gasteiger partial charge in [0.1, 0.15) is 5.58 Å². The molecule has 3 rings (SSSR count). The van der Waals surface area contributed by atoms with Crippen molar-refractivity contribution in [2.75, 3.05) is 5.32 Å². The molecule has 0 atom stereocenters. The van der Waals surface area contributed by atoms with Crippen LogP contribution >= 0.6 is 0 Å². The molecule has 0 spiro atoms. The first kappa shape index (κ1) is 15.3. The Morgan fingerprint density at radius 1 is 1.00 bits per heavy atom. The van der Waals surface area contributed by atoms with Crippen molar-refractivity contribution in [1.82, 2.24) is 0 Å². The van der Waals surface area contributed by atoms with Crippen molar-refractivity contribution in [3.8, 4) is 0 Å². The molecule has 118 valence electrons. The molecule has 0 aliphatic heterocycles. The van der Waals surface area contributed by atoms with Gasteiger partial charge in [-0.15, -0.1) is 0 Å². The summed E-state index contributed by atoms with van der Waals surface area (Å²) in [5.74, 6) is -0.0247. The summed E-state index contributed by atoms with van der Waals surface area (Å²) >= 11 is 0. The van der Waals surface area contributed by atoms with E-state index in [4.69, 9.17) is 4.42 Å². The maximum Gasteiger partial charge on any atom is 0.228 e. The lowest BCUT2D eigenvalue weighted by Crippen LogP contribution is -2.15. The number of nitrogens with one attached hydrogen (secondary N) is 1. The third kappa shape index (κ3) is 2.87. The number of rotatable bonds is 3. The Kier molecular flexibility index (Phi) is 3.95. The quantitative estimate of drug-likeness (QED) is 0.751. The number of aryl methyl sites for hydroxylation is 4. The number of benzene rings is 2. The van der Waals surface area contributed by atoms with Gasteiger partial charge in [-0.1, -0.05) is 30.3 Å². The fraction of sp³-hybridized carbons (Fsp3) is 0.250. The molecule has 0 unspecified atom stereocenters. The van der Waals surface area contributed by atoms with Gasteiger partial charge in [0.15, 0.2) is 0 Å².